The first kappa shape index (κ1) is 20.8. The Morgan fingerprint density at radius 2 is 2.03 bits per heavy atom. The highest BCUT2D eigenvalue weighted by Gasteiger charge is 2.21. The Hall–Kier alpha value is -4.12. The van der Waals surface area contributed by atoms with Gasteiger partial charge in [0.15, 0.2) is 5.82 Å². The molecule has 0 bridgehead atoms. The number of pyridine rings is 1. The fraction of sp³-hybridized carbons (Fsp3) is 0.227. The Morgan fingerprint density at radius 1 is 1.15 bits per heavy atom. The molecule has 4 heterocycles. The Balaban J connectivity index is 1.33. The quantitative estimate of drug-likeness (QED) is 0.422. The van der Waals surface area contributed by atoms with Crippen LogP contribution in [0.15, 0.2) is 48.8 Å². The number of hydrogen-bond acceptors (Lipinski definition) is 9. The molecule has 0 radical (unpaired) electrons. The third kappa shape index (κ3) is 4.30. The molecule has 1 aliphatic heterocycles. The third-order valence-corrected chi connectivity index (χ3v) is 5.43. The van der Waals surface area contributed by atoms with Crippen LogP contribution >= 0.6 is 0 Å². The van der Waals surface area contributed by atoms with E-state index < -0.39 is 5.82 Å². The smallest absolute Gasteiger partial charge is 0.225 e. The summed E-state index contributed by atoms with van der Waals surface area (Å²) in [7, 11) is 1.75. The Labute approximate surface area is 189 Å². The summed E-state index contributed by atoms with van der Waals surface area (Å²) in [5.74, 6) is 1.39. The lowest BCUT2D eigenvalue weighted by atomic mass is 10.1. The molecule has 4 aromatic rings. The van der Waals surface area contributed by atoms with E-state index in [0.717, 1.165) is 24.3 Å². The second-order valence-corrected chi connectivity index (χ2v) is 7.80. The maximum absolute atomic E-state index is 14.7. The first-order valence-electron chi connectivity index (χ1n) is 10.4. The van der Waals surface area contributed by atoms with Crippen LogP contribution in [0.1, 0.15) is 6.42 Å². The summed E-state index contributed by atoms with van der Waals surface area (Å²) in [6.07, 6.45) is 3.63. The van der Waals surface area contributed by atoms with E-state index >= 15 is 0 Å². The van der Waals surface area contributed by atoms with Gasteiger partial charge in [-0.15, -0.1) is 5.10 Å². The van der Waals surface area contributed by atoms with Gasteiger partial charge in [-0.2, -0.15) is 4.98 Å². The van der Waals surface area contributed by atoms with Gasteiger partial charge in [0, 0.05) is 49.3 Å². The summed E-state index contributed by atoms with van der Waals surface area (Å²) in [5.41, 5.74) is 7.60. The number of nitrogens with two attached hydrogens (primary N) is 1. The van der Waals surface area contributed by atoms with E-state index in [4.69, 9.17) is 5.73 Å². The normalized spacial score (nSPS) is 15.7. The molecule has 0 spiro atoms. The van der Waals surface area contributed by atoms with Crippen molar-refractivity contribution in [2.75, 3.05) is 29.0 Å². The van der Waals surface area contributed by atoms with Crippen LogP contribution in [-0.2, 0) is 7.05 Å². The van der Waals surface area contributed by atoms with Gasteiger partial charge in [0.1, 0.15) is 11.6 Å². The summed E-state index contributed by atoms with van der Waals surface area (Å²) < 4.78 is 16.3. The van der Waals surface area contributed by atoms with Crippen LogP contribution in [0, 0.1) is 5.82 Å². The van der Waals surface area contributed by atoms with Gasteiger partial charge in [-0.1, -0.05) is 0 Å². The average Bonchev–Trinajstić information content (AvgIpc) is 3.40. The predicted molar refractivity (Wildman–Crippen MR) is 122 cm³/mol. The monoisotopic (exact) mass is 447 g/mol. The third-order valence-electron chi connectivity index (χ3n) is 5.43. The molecule has 1 fully saturated rings. The molecule has 0 aliphatic carbocycles. The van der Waals surface area contributed by atoms with Crippen molar-refractivity contribution in [3.8, 4) is 22.6 Å². The van der Waals surface area contributed by atoms with Crippen LogP contribution in [0.4, 0.5) is 27.8 Å². The van der Waals surface area contributed by atoms with E-state index in [-0.39, 0.29) is 12.1 Å². The lowest BCUT2D eigenvalue weighted by Crippen LogP contribution is -2.21. The van der Waals surface area contributed by atoms with Gasteiger partial charge in [0.2, 0.25) is 11.9 Å². The average molecular weight is 447 g/mol. The van der Waals surface area contributed by atoms with Gasteiger partial charge in [-0.3, -0.25) is 0 Å². The predicted octanol–water partition coefficient (Wildman–Crippen LogP) is 2.37. The number of anilines is 4. The van der Waals surface area contributed by atoms with Crippen molar-refractivity contribution < 1.29 is 9.50 Å². The zero-order valence-corrected chi connectivity index (χ0v) is 17.9. The number of rotatable bonds is 5. The number of aromatic nitrogens is 6. The summed E-state index contributed by atoms with van der Waals surface area (Å²) >= 11 is 0. The highest BCUT2D eigenvalue weighted by molar-refractivity contribution is 5.66. The first-order chi connectivity index (χ1) is 16.0. The van der Waals surface area contributed by atoms with Crippen molar-refractivity contribution in [2.45, 2.75) is 12.5 Å². The van der Waals surface area contributed by atoms with Crippen LogP contribution in [0.25, 0.3) is 22.6 Å². The number of nitrogens with one attached hydrogen (secondary N) is 1. The van der Waals surface area contributed by atoms with E-state index in [1.807, 2.05) is 17.0 Å². The van der Waals surface area contributed by atoms with Crippen molar-refractivity contribution in [3.63, 3.8) is 0 Å². The van der Waals surface area contributed by atoms with Crippen LogP contribution in [-0.4, -0.2) is 54.0 Å². The Kier molecular flexibility index (Phi) is 5.31. The van der Waals surface area contributed by atoms with Crippen molar-refractivity contribution in [2.24, 2.45) is 7.05 Å². The molecule has 1 aromatic carbocycles. The lowest BCUT2D eigenvalue weighted by molar-refractivity contribution is 0.198. The molecule has 1 saturated heterocycles. The number of halogens is 1. The first-order valence-corrected chi connectivity index (χ1v) is 10.4. The number of aliphatic hydroxyl groups is 1. The van der Waals surface area contributed by atoms with Gasteiger partial charge in [-0.05, 0) is 42.8 Å². The van der Waals surface area contributed by atoms with Gasteiger partial charge in [0.25, 0.3) is 0 Å². The van der Waals surface area contributed by atoms with E-state index in [0.29, 0.717) is 35.3 Å². The highest BCUT2D eigenvalue weighted by Crippen LogP contribution is 2.27. The molecule has 3 aromatic heterocycles. The van der Waals surface area contributed by atoms with Crippen LogP contribution in [0.2, 0.25) is 0 Å². The number of aliphatic hydroxyl groups excluding tert-OH is 1. The Morgan fingerprint density at radius 3 is 2.73 bits per heavy atom. The van der Waals surface area contributed by atoms with Gasteiger partial charge >= 0.3 is 0 Å². The van der Waals surface area contributed by atoms with E-state index in [1.54, 1.807) is 36.1 Å². The molecule has 0 amide bonds. The summed E-state index contributed by atoms with van der Waals surface area (Å²) in [5, 5.41) is 17.2. The number of nitrogens with zero attached hydrogens (tertiary/aromatic N) is 7. The summed E-state index contributed by atoms with van der Waals surface area (Å²) in [4.78, 5) is 18.9. The van der Waals surface area contributed by atoms with Crippen LogP contribution in [0.5, 0.6) is 0 Å². The lowest BCUT2D eigenvalue weighted by Gasteiger charge is -2.16. The van der Waals surface area contributed by atoms with Gasteiger partial charge < -0.3 is 21.1 Å². The van der Waals surface area contributed by atoms with E-state index in [9.17, 15) is 9.50 Å². The second-order valence-electron chi connectivity index (χ2n) is 7.80. The number of benzene rings is 1. The molecule has 1 unspecified atom stereocenters. The molecule has 33 heavy (non-hydrogen) atoms. The molecular weight excluding hydrogens is 425 g/mol. The topological polar surface area (TPSA) is 131 Å². The largest absolute Gasteiger partial charge is 0.391 e. The number of nitrogen functional groups attached to an aromatic ring is 1. The maximum Gasteiger partial charge on any atom is 0.225 e. The molecule has 1 aliphatic rings. The molecule has 5 rings (SSSR count). The van der Waals surface area contributed by atoms with Gasteiger partial charge in [-0.25, -0.2) is 24.0 Å². The summed E-state index contributed by atoms with van der Waals surface area (Å²) in [6, 6.07) is 10.1. The number of aryl methyl sites for hydroxylation is 1. The van der Waals surface area contributed by atoms with Crippen LogP contribution < -0.4 is 16.0 Å². The SMILES string of the molecule is Cn1nc(-c2ccc(N3CCC(O)C3)nc2)nc1Nc1ccc(-c2ccnc(N)n2)c(F)c1. The van der Waals surface area contributed by atoms with Crippen molar-refractivity contribution in [1.82, 2.24) is 29.7 Å². The van der Waals surface area contributed by atoms with Crippen LogP contribution in [0.3, 0.4) is 0 Å². The fourth-order valence-electron chi connectivity index (χ4n) is 3.72. The molecule has 0 saturated carbocycles. The molecule has 1 atom stereocenters. The minimum absolute atomic E-state index is 0.0845. The number of β-amino-alcohol motifs (C(OH)–C–C–N with tert-alkyl or cyclic N) is 1. The van der Waals surface area contributed by atoms with Crippen molar-refractivity contribution in [3.05, 3.63) is 54.6 Å². The molecular formula is C22H22FN9O. The molecule has 10 nitrogen and oxygen atoms in total. The number of hydrogen-bond donors (Lipinski definition) is 3. The minimum atomic E-state index is -0.452. The minimum Gasteiger partial charge on any atom is -0.391 e. The summed E-state index contributed by atoms with van der Waals surface area (Å²) in [6.45, 7) is 1.37. The van der Waals surface area contributed by atoms with E-state index in [1.165, 1.54) is 12.3 Å². The van der Waals surface area contributed by atoms with Crippen molar-refractivity contribution in [1.29, 1.82) is 0 Å². The molecule has 4 N–H and O–H groups in total. The molecule has 11 heteroatoms. The molecule has 168 valence electrons. The second kappa shape index (κ2) is 8.43. The fourth-order valence-corrected chi connectivity index (χ4v) is 3.72. The maximum atomic E-state index is 14.7. The standard InChI is InChI=1S/C22H22FN9O/c1-31-22(27-14-3-4-16(17(23)10-14)18-6-8-25-21(24)28-18)29-20(30-31)13-2-5-19(26-11-13)32-9-7-15(33)12-32/h2-6,8,10-11,15,33H,7,9,12H2,1H3,(H2,24,25,28)(H,27,29,30). The Bertz CT molecular complexity index is 1290. The van der Waals surface area contributed by atoms with Crippen molar-refractivity contribution >= 4 is 23.4 Å². The zero-order chi connectivity index (χ0) is 22.9. The highest BCUT2D eigenvalue weighted by atomic mass is 19.1. The zero-order valence-electron chi connectivity index (χ0n) is 17.9. The van der Waals surface area contributed by atoms with Gasteiger partial charge in [0.05, 0.1) is 11.8 Å². The van der Waals surface area contributed by atoms with E-state index in [2.05, 4.69) is 30.4 Å².